The van der Waals surface area contributed by atoms with Crippen molar-refractivity contribution in [1.29, 1.82) is 0 Å². The zero-order valence-corrected chi connectivity index (χ0v) is 29.1. The number of aromatic nitrogens is 1. The second-order valence-electron chi connectivity index (χ2n) is 13.6. The first-order valence-electron chi connectivity index (χ1n) is 18.1. The van der Waals surface area contributed by atoms with Crippen molar-refractivity contribution in [3.05, 3.63) is 60.2 Å². The van der Waals surface area contributed by atoms with Crippen LogP contribution in [0.2, 0.25) is 0 Å². The molecule has 5 rings (SSSR count). The van der Waals surface area contributed by atoms with Crippen molar-refractivity contribution in [2.75, 3.05) is 6.54 Å². The molecule has 0 unspecified atom stereocenters. The van der Waals surface area contributed by atoms with Crippen LogP contribution in [0, 0.1) is 5.92 Å². The van der Waals surface area contributed by atoms with Crippen LogP contribution in [0.3, 0.4) is 0 Å². The number of nitrogens with one attached hydrogen (secondary N) is 4. The second-order valence-corrected chi connectivity index (χ2v) is 13.6. The fourth-order valence-corrected chi connectivity index (χ4v) is 7.09. The number of hydrogen-bond acceptors (Lipinski definition) is 5. The van der Waals surface area contributed by atoms with Gasteiger partial charge >= 0.3 is 0 Å². The standard InChI is InChI=1S/C39H51N5O5/c1-4-25(3)34-39(49)44-23-15-14-22-33(44)38(48)41-31(21-11-7-10-18-27(45)5-2)36(46)42-32(37(47)43-34)24-29-28-19-12-13-20-30(28)40-35(29)26-16-8-6-9-17-26/h6,8-9,12-13,16-17,19-20,25,31-34,40H,4-5,7,10-11,14-15,18,21-24H2,1-3H3,(H,41,48)(H,42,46)(H,43,47)/t25-,31+,32+,33-,34+/m1/s1. The lowest BCUT2D eigenvalue weighted by Crippen LogP contribution is -2.64. The number of carbonyl (C=O) groups excluding carboxylic acids is 5. The van der Waals surface area contributed by atoms with Crippen LogP contribution in [-0.4, -0.2) is 70.0 Å². The molecule has 4 N–H and O–H groups in total. The minimum atomic E-state index is -1.02. The quantitative estimate of drug-likeness (QED) is 0.196. The summed E-state index contributed by atoms with van der Waals surface area (Å²) < 4.78 is 0. The third-order valence-corrected chi connectivity index (χ3v) is 10.3. The molecule has 0 aliphatic carbocycles. The van der Waals surface area contributed by atoms with Crippen LogP contribution < -0.4 is 16.0 Å². The van der Waals surface area contributed by atoms with Gasteiger partial charge in [0.05, 0.1) is 0 Å². The molecule has 5 atom stereocenters. The molecule has 2 aliphatic rings. The number of Topliss-reactive ketones (excluding diaryl/α,β-unsaturated/α-hetero) is 1. The van der Waals surface area contributed by atoms with E-state index in [1.54, 1.807) is 4.90 Å². The van der Waals surface area contributed by atoms with Crippen LogP contribution in [0.25, 0.3) is 22.2 Å². The van der Waals surface area contributed by atoms with Crippen LogP contribution in [-0.2, 0) is 30.4 Å². The Morgan fingerprint density at radius 3 is 2.31 bits per heavy atom. The first-order valence-corrected chi connectivity index (χ1v) is 18.1. The molecule has 0 saturated carbocycles. The lowest BCUT2D eigenvalue weighted by atomic mass is 9.92. The Morgan fingerprint density at radius 2 is 1.55 bits per heavy atom. The number of rotatable bonds is 12. The molecule has 3 aromatic rings. The largest absolute Gasteiger partial charge is 0.354 e. The van der Waals surface area contributed by atoms with Crippen molar-refractivity contribution < 1.29 is 24.0 Å². The number of unbranched alkanes of at least 4 members (excludes halogenated alkanes) is 2. The van der Waals surface area contributed by atoms with Crippen molar-refractivity contribution in [3.63, 3.8) is 0 Å². The van der Waals surface area contributed by atoms with Crippen LogP contribution in [0.4, 0.5) is 0 Å². The Balaban J connectivity index is 1.51. The van der Waals surface area contributed by atoms with E-state index in [-0.39, 0.29) is 29.9 Å². The van der Waals surface area contributed by atoms with E-state index in [1.807, 2.05) is 75.4 Å². The maximum atomic E-state index is 14.4. The van der Waals surface area contributed by atoms with Gasteiger partial charge < -0.3 is 25.8 Å². The van der Waals surface area contributed by atoms with Gasteiger partial charge in [0.25, 0.3) is 0 Å². The van der Waals surface area contributed by atoms with Gasteiger partial charge in [-0.1, -0.05) is 88.6 Å². The average Bonchev–Trinajstić information content (AvgIpc) is 3.50. The number of benzene rings is 2. The number of para-hydroxylation sites is 1. The monoisotopic (exact) mass is 669 g/mol. The molecule has 3 heterocycles. The summed E-state index contributed by atoms with van der Waals surface area (Å²) in [7, 11) is 0. The second kappa shape index (κ2) is 16.8. The molecule has 2 aromatic carbocycles. The fourth-order valence-electron chi connectivity index (χ4n) is 7.09. The van der Waals surface area contributed by atoms with E-state index >= 15 is 0 Å². The predicted molar refractivity (Wildman–Crippen MR) is 190 cm³/mol. The summed E-state index contributed by atoms with van der Waals surface area (Å²) in [6.07, 6.45) is 6.28. The molecular weight excluding hydrogens is 618 g/mol. The first-order chi connectivity index (χ1) is 23.7. The fraction of sp³-hybridized carbons (Fsp3) is 0.513. The molecule has 0 bridgehead atoms. The van der Waals surface area contributed by atoms with Crippen LogP contribution in [0.5, 0.6) is 0 Å². The first kappa shape index (κ1) is 35.8. The number of hydrogen-bond donors (Lipinski definition) is 4. The van der Waals surface area contributed by atoms with Gasteiger partial charge in [-0.15, -0.1) is 0 Å². The molecule has 1 aromatic heterocycles. The van der Waals surface area contributed by atoms with Gasteiger partial charge in [-0.2, -0.15) is 0 Å². The molecule has 262 valence electrons. The summed E-state index contributed by atoms with van der Waals surface area (Å²) in [5.74, 6) is -1.47. The predicted octanol–water partition coefficient (Wildman–Crippen LogP) is 5.20. The van der Waals surface area contributed by atoms with Crippen molar-refractivity contribution in [3.8, 4) is 11.3 Å². The minimum absolute atomic E-state index is 0.166. The van der Waals surface area contributed by atoms with Crippen LogP contribution >= 0.6 is 0 Å². The van der Waals surface area contributed by atoms with Gasteiger partial charge in [-0.3, -0.25) is 24.0 Å². The highest BCUT2D eigenvalue weighted by atomic mass is 16.2. The third kappa shape index (κ3) is 8.58. The van der Waals surface area contributed by atoms with Crippen molar-refractivity contribution in [2.45, 2.75) is 116 Å². The highest BCUT2D eigenvalue weighted by Crippen LogP contribution is 2.32. The van der Waals surface area contributed by atoms with Gasteiger partial charge in [-0.25, -0.2) is 0 Å². The van der Waals surface area contributed by atoms with E-state index in [9.17, 15) is 24.0 Å². The van der Waals surface area contributed by atoms with Gasteiger partial charge in [0.2, 0.25) is 23.6 Å². The number of fused-ring (bicyclic) bond motifs is 2. The maximum absolute atomic E-state index is 14.4. The summed E-state index contributed by atoms with van der Waals surface area (Å²) in [6, 6.07) is 14.3. The summed E-state index contributed by atoms with van der Waals surface area (Å²) in [6.45, 7) is 6.17. The Morgan fingerprint density at radius 1 is 0.837 bits per heavy atom. The van der Waals surface area contributed by atoms with E-state index in [4.69, 9.17) is 0 Å². The van der Waals surface area contributed by atoms with Crippen molar-refractivity contribution >= 4 is 40.3 Å². The van der Waals surface area contributed by atoms with E-state index in [0.717, 1.165) is 47.0 Å². The van der Waals surface area contributed by atoms with Crippen LogP contribution in [0.1, 0.15) is 90.5 Å². The molecule has 2 aliphatic heterocycles. The third-order valence-electron chi connectivity index (χ3n) is 10.3. The number of piperidine rings is 1. The molecule has 0 radical (unpaired) electrons. The minimum Gasteiger partial charge on any atom is -0.354 e. The Labute approximate surface area is 289 Å². The Kier molecular flexibility index (Phi) is 12.3. The highest BCUT2D eigenvalue weighted by molar-refractivity contribution is 5.99. The topological polar surface area (TPSA) is 140 Å². The molecule has 10 heteroatoms. The normalized spacial score (nSPS) is 22.7. The van der Waals surface area contributed by atoms with E-state index in [0.29, 0.717) is 51.5 Å². The molecule has 49 heavy (non-hydrogen) atoms. The van der Waals surface area contributed by atoms with Gasteiger partial charge in [0.15, 0.2) is 0 Å². The van der Waals surface area contributed by atoms with E-state index < -0.39 is 36.0 Å². The Hall–Kier alpha value is -4.47. The summed E-state index contributed by atoms with van der Waals surface area (Å²) in [5.41, 5.74) is 3.58. The highest BCUT2D eigenvalue weighted by Gasteiger charge is 2.41. The SMILES string of the molecule is CCC(=O)CCCCC[C@@H]1NC(=O)[C@H]2CCCCN2C(=O)[C@H]([C@H](C)CC)NC(=O)[C@H](Cc2c(-c3ccccc3)[nH]c3ccccc23)NC1=O. The lowest BCUT2D eigenvalue weighted by Gasteiger charge is -2.39. The maximum Gasteiger partial charge on any atom is 0.246 e. The molecule has 2 fully saturated rings. The zero-order valence-electron chi connectivity index (χ0n) is 29.1. The smallest absolute Gasteiger partial charge is 0.246 e. The number of nitrogens with zero attached hydrogens (tertiary/aromatic N) is 1. The number of aromatic amines is 1. The van der Waals surface area contributed by atoms with Crippen LogP contribution in [0.15, 0.2) is 54.6 Å². The van der Waals surface area contributed by atoms with Gasteiger partial charge in [0, 0.05) is 42.4 Å². The molecular formula is C39H51N5O5. The summed E-state index contributed by atoms with van der Waals surface area (Å²) >= 11 is 0. The molecule has 4 amide bonds. The Bertz CT molecular complexity index is 1630. The van der Waals surface area contributed by atoms with Gasteiger partial charge in [-0.05, 0) is 55.2 Å². The van der Waals surface area contributed by atoms with E-state index in [2.05, 4.69) is 20.9 Å². The molecule has 0 spiro atoms. The number of carbonyl (C=O) groups is 5. The van der Waals surface area contributed by atoms with E-state index in [1.165, 1.54) is 0 Å². The summed E-state index contributed by atoms with van der Waals surface area (Å²) in [5, 5.41) is 9.98. The lowest BCUT2D eigenvalue weighted by molar-refractivity contribution is -0.147. The summed E-state index contributed by atoms with van der Waals surface area (Å²) in [4.78, 5) is 73.5. The molecule has 10 nitrogen and oxygen atoms in total. The van der Waals surface area contributed by atoms with Gasteiger partial charge in [0.1, 0.15) is 30.0 Å². The zero-order chi connectivity index (χ0) is 34.9. The average molecular weight is 670 g/mol. The molecule has 2 saturated heterocycles. The number of ketones is 1. The number of amides is 4. The number of H-pyrrole nitrogens is 1. The van der Waals surface area contributed by atoms with Crippen molar-refractivity contribution in [2.24, 2.45) is 5.92 Å². The van der Waals surface area contributed by atoms with Crippen molar-refractivity contribution in [1.82, 2.24) is 25.8 Å².